The molecule has 2 aromatic carbocycles. The molecule has 1 aliphatic heterocycles. The summed E-state index contributed by atoms with van der Waals surface area (Å²) < 4.78 is 57.6. The average Bonchev–Trinajstić information content (AvgIpc) is 3.55. The van der Waals surface area contributed by atoms with E-state index in [2.05, 4.69) is 15.0 Å². The summed E-state index contributed by atoms with van der Waals surface area (Å²) >= 11 is 0. The number of nitrogen functional groups attached to an aromatic ring is 1. The molecule has 44 heavy (non-hydrogen) atoms. The Labute approximate surface area is 253 Å². The van der Waals surface area contributed by atoms with Crippen molar-refractivity contribution < 1.29 is 41.1 Å². The molecule has 0 amide bonds. The molecule has 1 fully saturated rings. The summed E-state index contributed by atoms with van der Waals surface area (Å²) in [5.41, 5.74) is 6.31. The molecule has 4 aromatic rings. The Morgan fingerprint density at radius 2 is 1.73 bits per heavy atom. The number of carbonyl (C=O) groups excluding carboxylic acids is 2. The van der Waals surface area contributed by atoms with Crippen LogP contribution in [0.5, 0.6) is 0 Å². The molecule has 0 bridgehead atoms. The maximum absolute atomic E-state index is 13.3. The van der Waals surface area contributed by atoms with E-state index in [1.54, 1.807) is 12.1 Å². The van der Waals surface area contributed by atoms with Crippen LogP contribution < -0.4 is 5.73 Å². The van der Waals surface area contributed by atoms with Crippen LogP contribution in [-0.4, -0.2) is 70.9 Å². The predicted molar refractivity (Wildman–Crippen MR) is 154 cm³/mol. The van der Waals surface area contributed by atoms with Gasteiger partial charge in [-0.3, -0.25) is 18.3 Å². The van der Waals surface area contributed by atoms with Crippen molar-refractivity contribution in [2.24, 2.45) is 0 Å². The smallest absolute Gasteiger partial charge is 0.303 e. The molecule has 0 spiro atoms. The van der Waals surface area contributed by atoms with E-state index in [1.165, 1.54) is 43.2 Å². The summed E-state index contributed by atoms with van der Waals surface area (Å²) in [5.74, 6) is -1.24. The first kappa shape index (κ1) is 31.0. The number of rotatable bonds is 11. The Morgan fingerprint density at radius 1 is 1.00 bits per heavy atom. The third-order valence-electron chi connectivity index (χ3n) is 6.98. The molecule has 0 saturated carbocycles. The zero-order chi connectivity index (χ0) is 31.5. The largest absolute Gasteiger partial charge is 0.463 e. The second kappa shape index (κ2) is 12.7. The fraction of sp³-hybridized carbons (Fsp3) is 0.345. The van der Waals surface area contributed by atoms with Gasteiger partial charge in [0.15, 0.2) is 29.4 Å². The van der Waals surface area contributed by atoms with Crippen LogP contribution in [0.1, 0.15) is 31.2 Å². The number of fused-ring (bicyclic) bond motifs is 1. The molecule has 2 aromatic heterocycles. The lowest BCUT2D eigenvalue weighted by Crippen LogP contribution is -2.53. The highest BCUT2D eigenvalue weighted by Gasteiger charge is 2.60. The first-order valence-corrected chi connectivity index (χ1v) is 14.9. The second-order valence-corrected chi connectivity index (χ2v) is 11.9. The molecule has 15 heteroatoms. The summed E-state index contributed by atoms with van der Waals surface area (Å²) in [6.07, 6.45) is -1.03. The minimum atomic E-state index is -4.32. The quantitative estimate of drug-likeness (QED) is 0.190. The molecular weight excluding hydrogens is 594 g/mol. The van der Waals surface area contributed by atoms with Gasteiger partial charge in [-0.25, -0.2) is 15.0 Å². The summed E-state index contributed by atoms with van der Waals surface area (Å²) in [5, 5.41) is 0. The minimum absolute atomic E-state index is 0.00563. The van der Waals surface area contributed by atoms with Gasteiger partial charge < -0.3 is 24.7 Å². The first-order valence-electron chi connectivity index (χ1n) is 13.5. The number of benzene rings is 2. The average molecular weight is 626 g/mol. The lowest BCUT2D eigenvalue weighted by atomic mass is 9.96. The molecule has 14 nitrogen and oxygen atoms in total. The number of imidazole rings is 1. The fourth-order valence-electron chi connectivity index (χ4n) is 4.86. The topological polar surface area (TPSA) is 184 Å². The number of aryl methyl sites for hydroxylation is 1. The first-order chi connectivity index (χ1) is 21.0. The highest BCUT2D eigenvalue weighted by atomic mass is 32.2. The Kier molecular flexibility index (Phi) is 8.92. The minimum Gasteiger partial charge on any atom is -0.463 e. The van der Waals surface area contributed by atoms with Gasteiger partial charge in [-0.2, -0.15) is 8.42 Å². The number of nitrogens with two attached hydrogens (primary N) is 1. The number of anilines is 1. The van der Waals surface area contributed by atoms with Gasteiger partial charge in [-0.05, 0) is 24.6 Å². The van der Waals surface area contributed by atoms with E-state index < -0.39 is 59.3 Å². The molecule has 2 N–H and O–H groups in total. The molecule has 232 valence electrons. The molecule has 0 unspecified atom stereocenters. The van der Waals surface area contributed by atoms with E-state index in [9.17, 15) is 18.0 Å². The number of hydrogen-bond donors (Lipinski definition) is 1. The summed E-state index contributed by atoms with van der Waals surface area (Å²) in [4.78, 5) is 36.9. The Balaban J connectivity index is 1.60. The van der Waals surface area contributed by atoms with E-state index in [-0.39, 0.29) is 28.5 Å². The zero-order valence-corrected chi connectivity index (χ0v) is 25.0. The highest BCUT2D eigenvalue weighted by molar-refractivity contribution is 7.86. The van der Waals surface area contributed by atoms with Gasteiger partial charge in [-0.15, -0.1) is 0 Å². The van der Waals surface area contributed by atoms with Crippen LogP contribution in [0.2, 0.25) is 0 Å². The van der Waals surface area contributed by atoms with E-state index in [4.69, 9.17) is 28.9 Å². The van der Waals surface area contributed by atoms with Crippen molar-refractivity contribution in [2.75, 3.05) is 18.9 Å². The standard InChI is InChI=1S/C29H31N5O9S/c1-18-9-11-22(12-10-18)44(37,38)41-15-29(14-40-19(2)35)25(39-13-21-7-5-4-6-8-21)24(42-20(3)36)28(43-29)34-17-33-23-26(30)31-16-32-27(23)34/h4-12,16-17,24-25,28H,13-15H2,1-3H3,(H2,30,31,32)/t24-,25+,28-,29+/m1/s1. The number of esters is 2. The van der Waals surface area contributed by atoms with E-state index in [1.807, 2.05) is 37.3 Å². The lowest BCUT2D eigenvalue weighted by molar-refractivity contribution is -0.178. The normalized spacial score (nSPS) is 21.8. The van der Waals surface area contributed by atoms with Crippen LogP contribution in [0.15, 0.2) is 72.1 Å². The number of carbonyl (C=O) groups is 2. The Morgan fingerprint density at radius 3 is 2.41 bits per heavy atom. The van der Waals surface area contributed by atoms with Crippen LogP contribution >= 0.6 is 0 Å². The van der Waals surface area contributed by atoms with Crippen molar-refractivity contribution in [2.45, 2.75) is 56.3 Å². The van der Waals surface area contributed by atoms with Crippen LogP contribution in [-0.2, 0) is 49.4 Å². The summed E-state index contributed by atoms with van der Waals surface area (Å²) in [7, 11) is -4.32. The van der Waals surface area contributed by atoms with E-state index in [0.29, 0.717) is 0 Å². The van der Waals surface area contributed by atoms with Crippen molar-refractivity contribution in [1.82, 2.24) is 19.5 Å². The van der Waals surface area contributed by atoms with Gasteiger partial charge in [0.1, 0.15) is 31.2 Å². The Bertz CT molecular complexity index is 1750. The molecular formula is C29H31N5O9S. The molecule has 4 atom stereocenters. The number of nitrogens with zero attached hydrogens (tertiary/aromatic N) is 4. The van der Waals surface area contributed by atoms with Gasteiger partial charge in [0, 0.05) is 13.8 Å². The van der Waals surface area contributed by atoms with Crippen LogP contribution in [0.25, 0.3) is 11.2 Å². The lowest BCUT2D eigenvalue weighted by Gasteiger charge is -2.33. The molecule has 5 rings (SSSR count). The number of aromatic nitrogens is 4. The maximum atomic E-state index is 13.3. The Hall–Kier alpha value is -4.44. The van der Waals surface area contributed by atoms with Crippen molar-refractivity contribution in [3.63, 3.8) is 0 Å². The van der Waals surface area contributed by atoms with Crippen molar-refractivity contribution >= 4 is 39.0 Å². The number of hydrogen-bond acceptors (Lipinski definition) is 13. The van der Waals surface area contributed by atoms with Crippen molar-refractivity contribution in [3.05, 3.63) is 78.4 Å². The summed E-state index contributed by atoms with van der Waals surface area (Å²) in [6, 6.07) is 15.2. The van der Waals surface area contributed by atoms with Gasteiger partial charge in [-0.1, -0.05) is 48.0 Å². The maximum Gasteiger partial charge on any atom is 0.303 e. The highest BCUT2D eigenvalue weighted by Crippen LogP contribution is 2.43. The van der Waals surface area contributed by atoms with Crippen LogP contribution in [0.4, 0.5) is 5.82 Å². The molecule has 0 radical (unpaired) electrons. The fourth-order valence-corrected chi connectivity index (χ4v) is 5.82. The van der Waals surface area contributed by atoms with Crippen LogP contribution in [0.3, 0.4) is 0 Å². The third kappa shape index (κ3) is 6.55. The molecule has 1 aliphatic rings. The van der Waals surface area contributed by atoms with Crippen molar-refractivity contribution in [3.8, 4) is 0 Å². The van der Waals surface area contributed by atoms with Crippen molar-refractivity contribution in [1.29, 1.82) is 0 Å². The predicted octanol–water partition coefficient (Wildman–Crippen LogP) is 2.47. The monoisotopic (exact) mass is 625 g/mol. The molecule has 0 aliphatic carbocycles. The van der Waals surface area contributed by atoms with E-state index >= 15 is 0 Å². The molecule has 1 saturated heterocycles. The number of ether oxygens (including phenoxy) is 4. The zero-order valence-electron chi connectivity index (χ0n) is 24.2. The van der Waals surface area contributed by atoms with E-state index in [0.717, 1.165) is 11.1 Å². The van der Waals surface area contributed by atoms with Gasteiger partial charge >= 0.3 is 11.9 Å². The third-order valence-corrected chi connectivity index (χ3v) is 8.25. The summed E-state index contributed by atoms with van der Waals surface area (Å²) in [6.45, 7) is 3.04. The second-order valence-electron chi connectivity index (χ2n) is 10.3. The van der Waals surface area contributed by atoms with Gasteiger partial charge in [0.2, 0.25) is 0 Å². The van der Waals surface area contributed by atoms with Gasteiger partial charge in [0.25, 0.3) is 10.1 Å². The SMILES string of the molecule is CC(=O)OC[C@@]1(COS(=O)(=O)c2ccc(C)cc2)O[C@@H](n2cnc3c(N)ncnc32)[C@H](OC(C)=O)[C@@H]1OCc1ccccc1. The van der Waals surface area contributed by atoms with Gasteiger partial charge in [0.05, 0.1) is 17.8 Å². The van der Waals surface area contributed by atoms with Crippen LogP contribution in [0, 0.1) is 6.92 Å². The molecule has 3 heterocycles.